The second-order valence-electron chi connectivity index (χ2n) is 1.54. The Morgan fingerprint density at radius 3 is 2.22 bits per heavy atom. The molecule has 3 nitrogen and oxygen atoms in total. The van der Waals surface area contributed by atoms with Crippen LogP contribution < -0.4 is 5.32 Å². The molecule has 1 aliphatic rings. The predicted molar refractivity (Wildman–Crippen MR) is 49.2 cm³/mol. The van der Waals surface area contributed by atoms with Crippen molar-refractivity contribution in [1.29, 1.82) is 0 Å². The molecule has 2 N–H and O–H groups in total. The highest BCUT2D eigenvalue weighted by atomic mass is 127. The van der Waals surface area contributed by atoms with Gasteiger partial charge in [0.25, 0.3) is 5.91 Å². The van der Waals surface area contributed by atoms with Gasteiger partial charge in [0.2, 0.25) is 0 Å². The van der Waals surface area contributed by atoms with Crippen LogP contribution >= 0.6 is 45.2 Å². The molecule has 0 aromatic heterocycles. The maximum Gasteiger partial charge on any atom is 0.260 e. The van der Waals surface area contributed by atoms with Crippen LogP contribution in [-0.2, 0) is 4.79 Å². The van der Waals surface area contributed by atoms with Crippen molar-refractivity contribution in [3.05, 3.63) is 7.16 Å². The van der Waals surface area contributed by atoms with E-state index in [1.54, 1.807) is 0 Å². The summed E-state index contributed by atoms with van der Waals surface area (Å²) < 4.78 is 1.26. The van der Waals surface area contributed by atoms with Gasteiger partial charge in [-0.1, -0.05) is 0 Å². The van der Waals surface area contributed by atoms with Gasteiger partial charge in [0.05, 0.1) is 7.16 Å². The molecule has 1 aliphatic heterocycles. The van der Waals surface area contributed by atoms with E-state index in [0.29, 0.717) is 7.16 Å². The van der Waals surface area contributed by atoms with Crippen molar-refractivity contribution < 1.29 is 9.90 Å². The Morgan fingerprint density at radius 1 is 1.56 bits per heavy atom. The summed E-state index contributed by atoms with van der Waals surface area (Å²) in [5.41, 5.74) is 0. The molecule has 0 aromatic rings. The first-order valence-electron chi connectivity index (χ1n) is 2.17. The molecule has 1 rings (SSSR count). The van der Waals surface area contributed by atoms with Crippen molar-refractivity contribution in [3.8, 4) is 0 Å². The fourth-order valence-electron chi connectivity index (χ4n) is 0.479. The molecule has 1 amide bonds. The Hall–Kier alpha value is 0.630. The zero-order valence-electron chi connectivity index (χ0n) is 4.19. The Bertz CT molecular complexity index is 189. The van der Waals surface area contributed by atoms with Gasteiger partial charge in [0.15, 0.2) is 6.23 Å². The van der Waals surface area contributed by atoms with Crippen LogP contribution in [-0.4, -0.2) is 17.2 Å². The Balaban J connectivity index is 2.92. The molecule has 5 heteroatoms. The van der Waals surface area contributed by atoms with E-state index in [1.807, 2.05) is 45.2 Å². The van der Waals surface area contributed by atoms with Gasteiger partial charge in [-0.3, -0.25) is 4.79 Å². The van der Waals surface area contributed by atoms with Crippen LogP contribution in [0.15, 0.2) is 7.16 Å². The number of rotatable bonds is 0. The highest BCUT2D eigenvalue weighted by molar-refractivity contribution is 14.1. The monoisotopic (exact) mass is 351 g/mol. The van der Waals surface area contributed by atoms with Crippen molar-refractivity contribution in [3.63, 3.8) is 0 Å². The van der Waals surface area contributed by atoms with E-state index in [2.05, 4.69) is 5.32 Å². The number of amides is 1. The standard InChI is InChI=1S/C4H3I2NO2/c5-1-2(6)4(9)7-3(1)8/h3,8H,(H,7,9). The molecule has 0 aromatic carbocycles. The summed E-state index contributed by atoms with van der Waals surface area (Å²) in [5, 5.41) is 11.3. The van der Waals surface area contributed by atoms with Crippen molar-refractivity contribution >= 4 is 51.1 Å². The van der Waals surface area contributed by atoms with Crippen molar-refractivity contribution in [2.24, 2.45) is 0 Å². The van der Waals surface area contributed by atoms with Gasteiger partial charge in [0, 0.05) is 0 Å². The van der Waals surface area contributed by atoms with E-state index < -0.39 is 6.23 Å². The van der Waals surface area contributed by atoms with Crippen LogP contribution in [0.1, 0.15) is 0 Å². The van der Waals surface area contributed by atoms with Crippen LogP contribution in [0.5, 0.6) is 0 Å². The molecular weight excluding hydrogens is 348 g/mol. The van der Waals surface area contributed by atoms with Crippen LogP contribution in [0.2, 0.25) is 0 Å². The minimum atomic E-state index is -0.773. The zero-order chi connectivity index (χ0) is 7.02. The molecule has 0 fully saturated rings. The Kier molecular flexibility index (Phi) is 2.32. The van der Waals surface area contributed by atoms with Gasteiger partial charge in [0.1, 0.15) is 0 Å². The quantitative estimate of drug-likeness (QED) is 0.626. The van der Waals surface area contributed by atoms with E-state index in [1.165, 1.54) is 0 Å². The summed E-state index contributed by atoms with van der Waals surface area (Å²) in [7, 11) is 0. The number of halogens is 2. The second kappa shape index (κ2) is 2.70. The minimum absolute atomic E-state index is 0.187. The molecule has 0 radical (unpaired) electrons. The van der Waals surface area contributed by atoms with Gasteiger partial charge in [-0.2, -0.15) is 0 Å². The average Bonchev–Trinajstić information content (AvgIpc) is 1.98. The topological polar surface area (TPSA) is 49.3 Å². The largest absolute Gasteiger partial charge is 0.369 e. The fourth-order valence-corrected chi connectivity index (χ4v) is 1.33. The van der Waals surface area contributed by atoms with Crippen molar-refractivity contribution in [2.45, 2.75) is 6.23 Å². The third-order valence-corrected chi connectivity index (χ3v) is 4.15. The van der Waals surface area contributed by atoms with Crippen LogP contribution in [0.4, 0.5) is 0 Å². The predicted octanol–water partition coefficient (Wildman–Crippen LogP) is 0.516. The SMILES string of the molecule is O=C1NC(O)C(I)=C1I. The van der Waals surface area contributed by atoms with Gasteiger partial charge in [-0.15, -0.1) is 0 Å². The summed E-state index contributed by atoms with van der Waals surface area (Å²) >= 11 is 3.84. The lowest BCUT2D eigenvalue weighted by molar-refractivity contribution is -0.117. The van der Waals surface area contributed by atoms with Gasteiger partial charge in [-0.05, 0) is 45.2 Å². The zero-order valence-corrected chi connectivity index (χ0v) is 8.50. The fraction of sp³-hybridized carbons (Fsp3) is 0.250. The van der Waals surface area contributed by atoms with Gasteiger partial charge >= 0.3 is 0 Å². The third-order valence-electron chi connectivity index (χ3n) is 0.917. The molecule has 50 valence electrons. The van der Waals surface area contributed by atoms with E-state index in [9.17, 15) is 4.79 Å². The van der Waals surface area contributed by atoms with E-state index >= 15 is 0 Å². The number of aliphatic hydroxyl groups excluding tert-OH is 1. The highest BCUT2D eigenvalue weighted by Gasteiger charge is 2.25. The Labute approximate surface area is 79.2 Å². The maximum atomic E-state index is 10.7. The molecule has 1 unspecified atom stereocenters. The number of aliphatic hydroxyl groups is 1. The van der Waals surface area contributed by atoms with E-state index in [0.717, 1.165) is 0 Å². The van der Waals surface area contributed by atoms with Crippen molar-refractivity contribution in [2.75, 3.05) is 0 Å². The van der Waals surface area contributed by atoms with Crippen LogP contribution in [0, 0.1) is 0 Å². The first kappa shape index (κ1) is 7.73. The summed E-state index contributed by atoms with van der Waals surface area (Å²) in [5.74, 6) is -0.187. The number of hydrogen-bond acceptors (Lipinski definition) is 2. The number of nitrogens with one attached hydrogen (secondary N) is 1. The van der Waals surface area contributed by atoms with Crippen LogP contribution in [0.25, 0.3) is 0 Å². The first-order valence-corrected chi connectivity index (χ1v) is 4.33. The molecule has 0 saturated heterocycles. The van der Waals surface area contributed by atoms with E-state index in [4.69, 9.17) is 5.11 Å². The number of hydrogen-bond donors (Lipinski definition) is 2. The summed E-state index contributed by atoms with van der Waals surface area (Å²) in [6.45, 7) is 0. The lowest BCUT2D eigenvalue weighted by atomic mass is 10.5. The number of carbonyl (C=O) groups is 1. The molecule has 1 atom stereocenters. The lowest BCUT2D eigenvalue weighted by Crippen LogP contribution is -2.26. The third kappa shape index (κ3) is 1.37. The van der Waals surface area contributed by atoms with E-state index in [-0.39, 0.29) is 5.91 Å². The second-order valence-corrected chi connectivity index (χ2v) is 3.78. The average molecular weight is 351 g/mol. The molecule has 9 heavy (non-hydrogen) atoms. The molecule has 0 aliphatic carbocycles. The summed E-state index contributed by atoms with van der Waals surface area (Å²) in [6, 6.07) is 0. The van der Waals surface area contributed by atoms with Gasteiger partial charge < -0.3 is 10.4 Å². The highest BCUT2D eigenvalue weighted by Crippen LogP contribution is 2.26. The molecule has 0 bridgehead atoms. The molecule has 0 saturated carbocycles. The van der Waals surface area contributed by atoms with Gasteiger partial charge in [-0.25, -0.2) is 0 Å². The first-order chi connectivity index (χ1) is 4.13. The van der Waals surface area contributed by atoms with Crippen molar-refractivity contribution in [1.82, 2.24) is 5.32 Å². The minimum Gasteiger partial charge on any atom is -0.369 e. The Morgan fingerprint density at radius 2 is 2.11 bits per heavy atom. The normalized spacial score (nSPS) is 27.0. The summed E-state index contributed by atoms with van der Waals surface area (Å²) in [6.07, 6.45) is -0.773. The molecule has 0 spiro atoms. The number of carbonyl (C=O) groups excluding carboxylic acids is 1. The molecular formula is C4H3I2NO2. The van der Waals surface area contributed by atoms with Crippen LogP contribution in [0.3, 0.4) is 0 Å². The smallest absolute Gasteiger partial charge is 0.260 e. The summed E-state index contributed by atoms with van der Waals surface area (Å²) in [4.78, 5) is 10.7. The lowest BCUT2D eigenvalue weighted by Gasteiger charge is -1.98. The maximum absolute atomic E-state index is 10.7. The molecule has 1 heterocycles.